The van der Waals surface area contributed by atoms with E-state index in [0.29, 0.717) is 10.6 Å². The normalized spacial score (nSPS) is 11.6. The van der Waals surface area contributed by atoms with E-state index in [1.165, 1.54) is 0 Å². The summed E-state index contributed by atoms with van der Waals surface area (Å²) < 4.78 is 5.04. The first-order valence-electron chi connectivity index (χ1n) is 6.93. The summed E-state index contributed by atoms with van der Waals surface area (Å²) in [6, 6.07) is 12.7. The number of aliphatic carboxylic acids is 1. The summed E-state index contributed by atoms with van der Waals surface area (Å²) in [5.41, 5.74) is 1.97. The number of rotatable bonds is 5. The van der Waals surface area contributed by atoms with Crippen LogP contribution in [-0.2, 0) is 16.1 Å². The van der Waals surface area contributed by atoms with Gasteiger partial charge in [-0.1, -0.05) is 54.1 Å². The Hall–Kier alpha value is -2.53. The Balaban J connectivity index is 2.02. The quantitative estimate of drug-likeness (QED) is 0.874. The molecule has 1 amide bonds. The summed E-state index contributed by atoms with van der Waals surface area (Å²) in [5.74, 6) is -1.18. The van der Waals surface area contributed by atoms with Crippen LogP contribution in [-0.4, -0.2) is 17.2 Å². The van der Waals surface area contributed by atoms with E-state index < -0.39 is 18.1 Å². The lowest BCUT2D eigenvalue weighted by Gasteiger charge is -2.16. The minimum atomic E-state index is -1.20. The zero-order valence-electron chi connectivity index (χ0n) is 12.5. The molecule has 0 saturated heterocycles. The molecule has 2 aromatic rings. The minimum absolute atomic E-state index is 0.0681. The van der Waals surface area contributed by atoms with Gasteiger partial charge in [0, 0.05) is 5.02 Å². The number of carboxylic acids is 1. The first kappa shape index (κ1) is 16.8. The van der Waals surface area contributed by atoms with Gasteiger partial charge in [0.1, 0.15) is 6.61 Å². The lowest BCUT2D eigenvalue weighted by Crippen LogP contribution is -2.34. The van der Waals surface area contributed by atoms with Crippen molar-refractivity contribution in [2.24, 2.45) is 0 Å². The Morgan fingerprint density at radius 1 is 1.22 bits per heavy atom. The summed E-state index contributed by atoms with van der Waals surface area (Å²) in [4.78, 5) is 23.2. The molecule has 0 heterocycles. The smallest absolute Gasteiger partial charge is 0.408 e. The Kier molecular flexibility index (Phi) is 5.60. The van der Waals surface area contributed by atoms with Crippen molar-refractivity contribution in [1.29, 1.82) is 0 Å². The van der Waals surface area contributed by atoms with E-state index in [0.717, 1.165) is 11.1 Å². The number of benzene rings is 2. The van der Waals surface area contributed by atoms with Crippen molar-refractivity contribution in [3.8, 4) is 0 Å². The second kappa shape index (κ2) is 7.65. The fraction of sp³-hybridized carbons (Fsp3) is 0.176. The van der Waals surface area contributed by atoms with Crippen molar-refractivity contribution in [3.05, 3.63) is 70.2 Å². The summed E-state index contributed by atoms with van der Waals surface area (Å²) in [7, 11) is 0. The number of alkyl carbamates (subject to hydrolysis) is 1. The minimum Gasteiger partial charge on any atom is -0.479 e. The molecule has 5 nitrogen and oxygen atoms in total. The van der Waals surface area contributed by atoms with E-state index in [4.69, 9.17) is 16.3 Å². The molecular weight excluding hydrogens is 318 g/mol. The van der Waals surface area contributed by atoms with Crippen molar-refractivity contribution in [2.75, 3.05) is 0 Å². The highest BCUT2D eigenvalue weighted by molar-refractivity contribution is 6.31. The van der Waals surface area contributed by atoms with E-state index >= 15 is 0 Å². The van der Waals surface area contributed by atoms with Crippen LogP contribution >= 0.6 is 11.6 Å². The van der Waals surface area contributed by atoms with Gasteiger partial charge in [0.25, 0.3) is 0 Å². The summed E-state index contributed by atoms with van der Waals surface area (Å²) in [6.45, 7) is 1.83. The molecule has 1 unspecified atom stereocenters. The van der Waals surface area contributed by atoms with Crippen LogP contribution in [0.3, 0.4) is 0 Å². The van der Waals surface area contributed by atoms with Gasteiger partial charge in [0.15, 0.2) is 6.04 Å². The van der Waals surface area contributed by atoms with Crippen LogP contribution in [0.4, 0.5) is 4.79 Å². The number of nitrogens with one attached hydrogen (secondary N) is 1. The molecule has 0 saturated carbocycles. The zero-order chi connectivity index (χ0) is 16.8. The van der Waals surface area contributed by atoms with Crippen molar-refractivity contribution >= 4 is 23.7 Å². The van der Waals surface area contributed by atoms with E-state index in [-0.39, 0.29) is 6.61 Å². The van der Waals surface area contributed by atoms with Crippen LogP contribution in [0, 0.1) is 6.92 Å². The number of carbonyl (C=O) groups is 2. The first-order chi connectivity index (χ1) is 11.0. The zero-order valence-corrected chi connectivity index (χ0v) is 13.2. The molecule has 0 aromatic heterocycles. The maximum absolute atomic E-state index is 11.8. The average Bonchev–Trinajstić information content (AvgIpc) is 2.54. The van der Waals surface area contributed by atoms with Gasteiger partial charge >= 0.3 is 12.1 Å². The number of amides is 1. The molecule has 2 rings (SSSR count). The molecule has 2 aromatic carbocycles. The fourth-order valence-corrected chi connectivity index (χ4v) is 2.14. The van der Waals surface area contributed by atoms with Crippen LogP contribution in [0.25, 0.3) is 0 Å². The van der Waals surface area contributed by atoms with Crippen molar-refractivity contribution in [1.82, 2.24) is 5.32 Å². The highest BCUT2D eigenvalue weighted by Gasteiger charge is 2.23. The van der Waals surface area contributed by atoms with Gasteiger partial charge in [-0.05, 0) is 29.7 Å². The first-order valence-corrected chi connectivity index (χ1v) is 7.31. The van der Waals surface area contributed by atoms with Gasteiger partial charge in [-0.25, -0.2) is 9.59 Å². The number of carbonyl (C=O) groups excluding carboxylic acids is 1. The van der Waals surface area contributed by atoms with Gasteiger partial charge in [-0.15, -0.1) is 0 Å². The molecule has 1 atom stereocenters. The van der Waals surface area contributed by atoms with Crippen molar-refractivity contribution in [3.63, 3.8) is 0 Å². The third-order valence-electron chi connectivity index (χ3n) is 3.24. The van der Waals surface area contributed by atoms with Crippen LogP contribution in [0.2, 0.25) is 5.02 Å². The van der Waals surface area contributed by atoms with Crippen molar-refractivity contribution in [2.45, 2.75) is 19.6 Å². The molecule has 0 spiro atoms. The number of aryl methyl sites for hydroxylation is 1. The molecule has 0 aliphatic rings. The van der Waals surface area contributed by atoms with Gasteiger partial charge in [-0.3, -0.25) is 0 Å². The van der Waals surface area contributed by atoms with Crippen LogP contribution in [0.15, 0.2) is 48.5 Å². The van der Waals surface area contributed by atoms with Gasteiger partial charge < -0.3 is 15.2 Å². The van der Waals surface area contributed by atoms with Crippen LogP contribution < -0.4 is 5.32 Å². The molecule has 0 bridgehead atoms. The second-order valence-electron chi connectivity index (χ2n) is 4.99. The maximum Gasteiger partial charge on any atom is 0.408 e. The Morgan fingerprint density at radius 2 is 1.91 bits per heavy atom. The molecule has 0 aliphatic heterocycles. The second-order valence-corrected chi connectivity index (χ2v) is 5.39. The van der Waals surface area contributed by atoms with Gasteiger partial charge in [0.05, 0.1) is 0 Å². The summed E-state index contributed by atoms with van der Waals surface area (Å²) in [5, 5.41) is 12.2. The Morgan fingerprint density at radius 3 is 2.52 bits per heavy atom. The number of ether oxygens (including phenoxy) is 1. The molecule has 6 heteroatoms. The lowest BCUT2D eigenvalue weighted by atomic mass is 10.0. The number of hydrogen-bond acceptors (Lipinski definition) is 3. The summed E-state index contributed by atoms with van der Waals surface area (Å²) in [6.07, 6.45) is -0.797. The molecule has 0 fully saturated rings. The van der Waals surface area contributed by atoms with Crippen molar-refractivity contribution < 1.29 is 19.4 Å². The highest BCUT2D eigenvalue weighted by atomic mass is 35.5. The third-order valence-corrected chi connectivity index (χ3v) is 3.66. The van der Waals surface area contributed by atoms with E-state index in [1.54, 1.807) is 25.1 Å². The predicted molar refractivity (Wildman–Crippen MR) is 86.3 cm³/mol. The SMILES string of the molecule is Cc1cc(C(NC(=O)OCc2ccccc2)C(=O)O)ccc1Cl. The molecular formula is C17H16ClNO4. The maximum atomic E-state index is 11.8. The van der Waals surface area contributed by atoms with E-state index in [2.05, 4.69) is 5.32 Å². The molecule has 2 N–H and O–H groups in total. The third kappa shape index (κ3) is 4.72. The molecule has 120 valence electrons. The van der Waals surface area contributed by atoms with E-state index in [9.17, 15) is 14.7 Å². The largest absolute Gasteiger partial charge is 0.479 e. The number of halogens is 1. The summed E-state index contributed by atoms with van der Waals surface area (Å²) >= 11 is 5.93. The highest BCUT2D eigenvalue weighted by Crippen LogP contribution is 2.21. The Bertz CT molecular complexity index is 703. The Labute approximate surface area is 138 Å². The monoisotopic (exact) mass is 333 g/mol. The fourth-order valence-electron chi connectivity index (χ4n) is 2.02. The topological polar surface area (TPSA) is 75.6 Å². The number of hydrogen-bond donors (Lipinski definition) is 2. The number of carboxylic acid groups (broad SMARTS) is 1. The van der Waals surface area contributed by atoms with Gasteiger partial charge in [0.2, 0.25) is 0 Å². The average molecular weight is 334 g/mol. The van der Waals surface area contributed by atoms with Crippen LogP contribution in [0.5, 0.6) is 0 Å². The predicted octanol–water partition coefficient (Wildman–Crippen LogP) is 3.70. The molecule has 0 aliphatic carbocycles. The lowest BCUT2D eigenvalue weighted by molar-refractivity contribution is -0.139. The van der Waals surface area contributed by atoms with E-state index in [1.807, 2.05) is 30.3 Å². The molecule has 23 heavy (non-hydrogen) atoms. The van der Waals surface area contributed by atoms with Gasteiger partial charge in [-0.2, -0.15) is 0 Å². The van der Waals surface area contributed by atoms with Crippen LogP contribution in [0.1, 0.15) is 22.7 Å². The standard InChI is InChI=1S/C17H16ClNO4/c1-11-9-13(7-8-14(11)18)15(16(20)21)19-17(22)23-10-12-5-3-2-4-6-12/h2-9,15H,10H2,1H3,(H,19,22)(H,20,21). The molecule has 0 radical (unpaired) electrons.